The van der Waals surface area contributed by atoms with Gasteiger partial charge in [-0.1, -0.05) is 20.8 Å². The van der Waals surface area contributed by atoms with E-state index in [2.05, 4.69) is 5.32 Å². The number of amides is 1. The maximum Gasteiger partial charge on any atom is 0.220 e. The van der Waals surface area contributed by atoms with Crippen molar-refractivity contribution in [1.82, 2.24) is 5.32 Å². The van der Waals surface area contributed by atoms with E-state index < -0.39 is 17.5 Å². The molecule has 0 aliphatic heterocycles. The molecule has 1 amide bonds. The molecule has 0 saturated heterocycles. The number of rotatable bonds is 7. The van der Waals surface area contributed by atoms with Gasteiger partial charge in [0.15, 0.2) is 5.78 Å². The Morgan fingerprint density at radius 1 is 1.22 bits per heavy atom. The number of hydrogen-bond donors (Lipinski definition) is 4. The predicted molar refractivity (Wildman–Crippen MR) is 67.8 cm³/mol. The zero-order valence-electron chi connectivity index (χ0n) is 11.3. The maximum atomic E-state index is 11.8. The van der Waals surface area contributed by atoms with Gasteiger partial charge in [-0.25, -0.2) is 0 Å². The van der Waals surface area contributed by atoms with Crippen molar-refractivity contribution in [2.45, 2.75) is 45.7 Å². The van der Waals surface area contributed by atoms with Gasteiger partial charge in [0, 0.05) is 11.8 Å². The molecule has 1 atom stereocenters. The lowest BCUT2D eigenvalue weighted by atomic mass is 9.85. The van der Waals surface area contributed by atoms with Crippen LogP contribution >= 0.6 is 0 Å². The molecule has 0 aromatic heterocycles. The van der Waals surface area contributed by atoms with Crippen molar-refractivity contribution >= 4 is 11.7 Å². The lowest BCUT2D eigenvalue weighted by molar-refractivity contribution is -0.128. The van der Waals surface area contributed by atoms with E-state index in [4.69, 9.17) is 15.9 Å². The van der Waals surface area contributed by atoms with E-state index in [9.17, 15) is 9.59 Å². The Morgan fingerprint density at radius 2 is 1.72 bits per heavy atom. The second-order valence-corrected chi connectivity index (χ2v) is 5.39. The number of carbonyl (C=O) groups is 2. The topological polar surface area (TPSA) is 113 Å². The van der Waals surface area contributed by atoms with Gasteiger partial charge in [-0.15, -0.1) is 0 Å². The minimum Gasteiger partial charge on any atom is -0.394 e. The lowest BCUT2D eigenvalue weighted by Crippen LogP contribution is -2.42. The van der Waals surface area contributed by atoms with Crippen LogP contribution in [0.4, 0.5) is 0 Å². The lowest BCUT2D eigenvalue weighted by Gasteiger charge is -2.21. The number of ketones is 1. The highest BCUT2D eigenvalue weighted by Crippen LogP contribution is 2.17. The van der Waals surface area contributed by atoms with Gasteiger partial charge in [0.2, 0.25) is 5.91 Å². The predicted octanol–water partition coefficient (Wildman–Crippen LogP) is -0.821. The normalized spacial score (nSPS) is 13.5. The number of hydrogen-bond acceptors (Lipinski definition) is 5. The summed E-state index contributed by atoms with van der Waals surface area (Å²) < 4.78 is 0. The smallest absolute Gasteiger partial charge is 0.220 e. The molecule has 0 aliphatic carbocycles. The Balaban J connectivity index is 4.10. The fraction of sp³-hybridized carbons (Fsp3) is 0.833. The van der Waals surface area contributed by atoms with Crippen LogP contribution in [-0.4, -0.2) is 47.2 Å². The van der Waals surface area contributed by atoms with Crippen LogP contribution in [0.15, 0.2) is 0 Å². The van der Waals surface area contributed by atoms with Crippen LogP contribution < -0.4 is 11.1 Å². The van der Waals surface area contributed by atoms with Gasteiger partial charge in [-0.3, -0.25) is 9.59 Å². The monoisotopic (exact) mass is 260 g/mol. The second kappa shape index (κ2) is 7.45. The van der Waals surface area contributed by atoms with Crippen molar-refractivity contribution in [3.8, 4) is 0 Å². The Hall–Kier alpha value is -0.980. The number of Topliss-reactive ketones (excluding diaryl/α,β-unsaturated/α-hetero) is 1. The van der Waals surface area contributed by atoms with E-state index in [1.165, 1.54) is 0 Å². The SMILES string of the molecule is CC(C)(C)C(=O)C(N)CCC(=O)NC(CO)CO. The maximum absolute atomic E-state index is 11.8. The van der Waals surface area contributed by atoms with Crippen LogP contribution in [0, 0.1) is 5.41 Å². The van der Waals surface area contributed by atoms with E-state index in [0.29, 0.717) is 0 Å². The summed E-state index contributed by atoms with van der Waals surface area (Å²) in [6.45, 7) is 4.69. The molecule has 0 aromatic carbocycles. The van der Waals surface area contributed by atoms with Crippen molar-refractivity contribution in [3.05, 3.63) is 0 Å². The fourth-order valence-corrected chi connectivity index (χ4v) is 1.42. The molecule has 0 heterocycles. The van der Waals surface area contributed by atoms with E-state index >= 15 is 0 Å². The van der Waals surface area contributed by atoms with E-state index in [0.717, 1.165) is 0 Å². The van der Waals surface area contributed by atoms with Crippen LogP contribution in [0.5, 0.6) is 0 Å². The van der Waals surface area contributed by atoms with Crippen molar-refractivity contribution in [1.29, 1.82) is 0 Å². The average molecular weight is 260 g/mol. The molecule has 5 N–H and O–H groups in total. The summed E-state index contributed by atoms with van der Waals surface area (Å²) in [6, 6.07) is -1.33. The molecule has 6 heteroatoms. The summed E-state index contributed by atoms with van der Waals surface area (Å²) in [4.78, 5) is 23.2. The zero-order chi connectivity index (χ0) is 14.3. The van der Waals surface area contributed by atoms with Crippen LogP contribution in [0.2, 0.25) is 0 Å². The van der Waals surface area contributed by atoms with Crippen molar-refractivity contribution in [3.63, 3.8) is 0 Å². The summed E-state index contributed by atoms with van der Waals surface area (Å²) in [5.74, 6) is -0.420. The first kappa shape index (κ1) is 17.0. The fourth-order valence-electron chi connectivity index (χ4n) is 1.42. The molecule has 0 aliphatic rings. The van der Waals surface area contributed by atoms with Gasteiger partial charge in [0.1, 0.15) is 0 Å². The third-order valence-corrected chi connectivity index (χ3v) is 2.56. The Bertz CT molecular complexity index is 282. The van der Waals surface area contributed by atoms with Crippen molar-refractivity contribution in [2.24, 2.45) is 11.1 Å². The third kappa shape index (κ3) is 6.09. The van der Waals surface area contributed by atoms with Gasteiger partial charge in [0.25, 0.3) is 0 Å². The number of aliphatic hydroxyl groups excluding tert-OH is 2. The Labute approximate surface area is 108 Å². The van der Waals surface area contributed by atoms with Gasteiger partial charge in [-0.2, -0.15) is 0 Å². The number of carbonyl (C=O) groups excluding carboxylic acids is 2. The van der Waals surface area contributed by atoms with Gasteiger partial charge in [-0.05, 0) is 6.42 Å². The highest BCUT2D eigenvalue weighted by molar-refractivity contribution is 5.89. The summed E-state index contributed by atoms with van der Waals surface area (Å²) in [5, 5.41) is 20.0. The zero-order valence-corrected chi connectivity index (χ0v) is 11.3. The van der Waals surface area contributed by atoms with Crippen LogP contribution in [-0.2, 0) is 9.59 Å². The summed E-state index contributed by atoms with van der Waals surface area (Å²) >= 11 is 0. The molecule has 0 rings (SSSR count). The molecule has 0 aromatic rings. The summed E-state index contributed by atoms with van der Waals surface area (Å²) in [7, 11) is 0. The standard InChI is InChI=1S/C12H24N2O4/c1-12(2,3)11(18)9(13)4-5-10(17)14-8(6-15)7-16/h8-9,15-16H,4-7,13H2,1-3H3,(H,14,17). The highest BCUT2D eigenvalue weighted by Gasteiger charge is 2.27. The summed E-state index contributed by atoms with van der Waals surface area (Å²) in [6.07, 6.45) is 0.352. The first-order valence-corrected chi connectivity index (χ1v) is 6.03. The first-order chi connectivity index (χ1) is 8.22. The Morgan fingerprint density at radius 3 is 2.11 bits per heavy atom. The highest BCUT2D eigenvalue weighted by atomic mass is 16.3. The quantitative estimate of drug-likeness (QED) is 0.477. The van der Waals surface area contributed by atoms with Crippen molar-refractivity contribution < 1.29 is 19.8 Å². The van der Waals surface area contributed by atoms with Gasteiger partial charge in [0.05, 0.1) is 25.3 Å². The van der Waals surface area contributed by atoms with E-state index in [-0.39, 0.29) is 37.7 Å². The van der Waals surface area contributed by atoms with Crippen LogP contribution in [0.1, 0.15) is 33.6 Å². The minimum absolute atomic E-state index is 0.0869. The largest absolute Gasteiger partial charge is 0.394 e. The molecule has 6 nitrogen and oxygen atoms in total. The number of nitrogens with one attached hydrogen (secondary N) is 1. The van der Waals surface area contributed by atoms with E-state index in [1.54, 1.807) is 20.8 Å². The van der Waals surface area contributed by atoms with Crippen LogP contribution in [0.25, 0.3) is 0 Å². The van der Waals surface area contributed by atoms with Gasteiger partial charge >= 0.3 is 0 Å². The third-order valence-electron chi connectivity index (χ3n) is 2.56. The molecule has 0 bridgehead atoms. The Kier molecular flexibility index (Phi) is 7.05. The molecule has 106 valence electrons. The molecule has 0 fully saturated rings. The van der Waals surface area contributed by atoms with Crippen LogP contribution in [0.3, 0.4) is 0 Å². The summed E-state index contributed by atoms with van der Waals surface area (Å²) in [5.41, 5.74) is 5.20. The molecular formula is C12H24N2O4. The number of aliphatic hydroxyl groups is 2. The second-order valence-electron chi connectivity index (χ2n) is 5.39. The average Bonchev–Trinajstić information content (AvgIpc) is 2.30. The first-order valence-electron chi connectivity index (χ1n) is 6.03. The van der Waals surface area contributed by atoms with Crippen molar-refractivity contribution in [2.75, 3.05) is 13.2 Å². The van der Waals surface area contributed by atoms with E-state index in [1.807, 2.05) is 0 Å². The molecule has 18 heavy (non-hydrogen) atoms. The molecule has 0 radical (unpaired) electrons. The van der Waals surface area contributed by atoms with Gasteiger partial charge < -0.3 is 21.3 Å². The minimum atomic E-state index is -0.669. The number of nitrogens with two attached hydrogens (primary N) is 1. The molecule has 0 saturated carbocycles. The molecular weight excluding hydrogens is 236 g/mol. The molecule has 1 unspecified atom stereocenters. The molecule has 0 spiro atoms.